The Kier molecular flexibility index (Phi) is 8.27. The highest BCUT2D eigenvalue weighted by molar-refractivity contribution is 7.80. The molecule has 0 bridgehead atoms. The Morgan fingerprint density at radius 2 is 1.85 bits per heavy atom. The zero-order valence-electron chi connectivity index (χ0n) is 22.7. The zero-order chi connectivity index (χ0) is 28.9. The number of carbonyl (C=O) groups excluding carboxylic acids is 2. The second-order valence-electron chi connectivity index (χ2n) is 9.21. The lowest BCUT2D eigenvalue weighted by Crippen LogP contribution is -2.30. The summed E-state index contributed by atoms with van der Waals surface area (Å²) in [5.41, 5.74) is 4.14. The Morgan fingerprint density at radius 3 is 2.59 bits per heavy atom. The number of pyridine rings is 1. The fourth-order valence-electron chi connectivity index (χ4n) is 4.97. The molecule has 0 spiro atoms. The molecule has 0 unspecified atom stereocenters. The fraction of sp³-hybridized carbons (Fsp3) is 0.200. The Morgan fingerprint density at radius 1 is 1.00 bits per heavy atom. The third-order valence-corrected chi connectivity index (χ3v) is 7.05. The third kappa shape index (κ3) is 5.63. The van der Waals surface area contributed by atoms with Gasteiger partial charge in [0.1, 0.15) is 18.4 Å². The number of ether oxygens (including phenoxy) is 3. The van der Waals surface area contributed by atoms with Crippen molar-refractivity contribution in [1.82, 2.24) is 14.9 Å². The summed E-state index contributed by atoms with van der Waals surface area (Å²) in [6.45, 7) is -0.0976. The molecule has 2 atom stereocenters. The number of anilines is 2. The van der Waals surface area contributed by atoms with Crippen LogP contribution >= 0.6 is 12.2 Å². The van der Waals surface area contributed by atoms with Gasteiger partial charge in [0.25, 0.3) is 0 Å². The van der Waals surface area contributed by atoms with Gasteiger partial charge < -0.3 is 34.3 Å². The highest BCUT2D eigenvalue weighted by atomic mass is 32.1. The molecular formula is C30H29N5O5S. The van der Waals surface area contributed by atoms with Crippen LogP contribution in [0, 0.1) is 0 Å². The van der Waals surface area contributed by atoms with E-state index >= 15 is 0 Å². The molecule has 2 aromatic heterocycles. The lowest BCUT2D eigenvalue weighted by atomic mass is 10.0. The molecule has 210 valence electrons. The molecular weight excluding hydrogens is 542 g/mol. The zero-order valence-corrected chi connectivity index (χ0v) is 23.6. The minimum absolute atomic E-state index is 0.0976. The molecule has 5 rings (SSSR count). The molecule has 10 nitrogen and oxygen atoms in total. The highest BCUT2D eigenvalue weighted by Gasteiger charge is 2.42. The van der Waals surface area contributed by atoms with Gasteiger partial charge in [0.15, 0.2) is 5.11 Å². The molecule has 41 heavy (non-hydrogen) atoms. The first-order valence-corrected chi connectivity index (χ1v) is 13.2. The van der Waals surface area contributed by atoms with Gasteiger partial charge in [-0.25, -0.2) is 4.79 Å². The van der Waals surface area contributed by atoms with E-state index in [-0.39, 0.29) is 24.6 Å². The van der Waals surface area contributed by atoms with Crippen molar-refractivity contribution in [2.24, 2.45) is 0 Å². The van der Waals surface area contributed by atoms with E-state index in [2.05, 4.69) is 15.6 Å². The smallest absolute Gasteiger partial charge is 0.337 e. The van der Waals surface area contributed by atoms with Crippen LogP contribution < -0.4 is 20.3 Å². The fourth-order valence-corrected chi connectivity index (χ4v) is 5.31. The van der Waals surface area contributed by atoms with E-state index in [4.69, 9.17) is 26.4 Å². The molecule has 1 aliphatic heterocycles. The van der Waals surface area contributed by atoms with Crippen LogP contribution in [0.5, 0.6) is 5.75 Å². The number of hydrogen-bond acceptors (Lipinski definition) is 7. The van der Waals surface area contributed by atoms with Crippen molar-refractivity contribution in [3.8, 4) is 11.4 Å². The van der Waals surface area contributed by atoms with Crippen molar-refractivity contribution >= 4 is 40.6 Å². The first-order chi connectivity index (χ1) is 19.9. The molecule has 11 heteroatoms. The van der Waals surface area contributed by atoms with Crippen molar-refractivity contribution in [3.63, 3.8) is 0 Å². The Labute approximate surface area is 242 Å². The number of amides is 1. The number of nitrogens with zero attached hydrogens (tertiary/aromatic N) is 3. The molecule has 2 aromatic carbocycles. The third-order valence-electron chi connectivity index (χ3n) is 6.74. The van der Waals surface area contributed by atoms with E-state index in [1.165, 1.54) is 21.3 Å². The molecule has 1 aliphatic rings. The van der Waals surface area contributed by atoms with Gasteiger partial charge in [-0.05, 0) is 72.9 Å². The average Bonchev–Trinajstić information content (AvgIpc) is 3.61. The van der Waals surface area contributed by atoms with Crippen molar-refractivity contribution in [2.45, 2.75) is 12.1 Å². The van der Waals surface area contributed by atoms with E-state index in [9.17, 15) is 9.59 Å². The quantitative estimate of drug-likeness (QED) is 0.223. The van der Waals surface area contributed by atoms with Crippen LogP contribution in [-0.2, 0) is 14.3 Å². The van der Waals surface area contributed by atoms with Crippen LogP contribution in [0.1, 0.15) is 33.8 Å². The normalized spacial score (nSPS) is 16.3. The van der Waals surface area contributed by atoms with E-state index in [0.717, 1.165) is 22.8 Å². The maximum atomic E-state index is 12.4. The number of aromatic nitrogens is 2. The maximum absolute atomic E-state index is 12.4. The molecule has 1 fully saturated rings. The molecule has 0 saturated carbocycles. The van der Waals surface area contributed by atoms with Gasteiger partial charge >= 0.3 is 5.97 Å². The lowest BCUT2D eigenvalue weighted by molar-refractivity contribution is -0.119. The largest absolute Gasteiger partial charge is 0.495 e. The summed E-state index contributed by atoms with van der Waals surface area (Å²) in [4.78, 5) is 31.3. The predicted octanol–water partition coefficient (Wildman–Crippen LogP) is 4.43. The molecule has 2 N–H and O–H groups in total. The van der Waals surface area contributed by atoms with Crippen LogP contribution in [0.25, 0.3) is 5.69 Å². The summed E-state index contributed by atoms with van der Waals surface area (Å²) >= 11 is 5.89. The first-order valence-electron chi connectivity index (χ1n) is 12.8. The summed E-state index contributed by atoms with van der Waals surface area (Å²) in [5.74, 6) is -0.233. The first kappa shape index (κ1) is 27.8. The number of benzene rings is 2. The van der Waals surface area contributed by atoms with Gasteiger partial charge in [-0.2, -0.15) is 0 Å². The van der Waals surface area contributed by atoms with Crippen molar-refractivity contribution in [1.29, 1.82) is 0 Å². The molecule has 3 heterocycles. The lowest BCUT2D eigenvalue weighted by Gasteiger charge is -2.29. The summed E-state index contributed by atoms with van der Waals surface area (Å²) in [6, 6.07) is 21.8. The van der Waals surface area contributed by atoms with Gasteiger partial charge in [0.2, 0.25) is 5.91 Å². The molecule has 1 amide bonds. The summed E-state index contributed by atoms with van der Waals surface area (Å²) in [7, 11) is 4.36. The standard InChI is InChI=1S/C30H29N5O5S/c1-38-18-26(36)32-23-17-21(12-13-25(23)39-2)35-28(27(33-30(35)41)22-10-4-5-14-31-22)24-11-7-15-34(24)20-9-6-8-19(16-20)29(37)40-3/h4-17,27-28H,18H2,1-3H3,(H,32,36)(H,33,41)/t27-,28-/m1/s1. The molecule has 4 aromatic rings. The minimum atomic E-state index is -0.418. The van der Waals surface area contributed by atoms with Gasteiger partial charge in [-0.15, -0.1) is 0 Å². The maximum Gasteiger partial charge on any atom is 0.337 e. The number of hydrogen-bond donors (Lipinski definition) is 2. The number of esters is 1. The van der Waals surface area contributed by atoms with E-state index in [1.807, 2.05) is 70.3 Å². The summed E-state index contributed by atoms with van der Waals surface area (Å²) < 4.78 is 17.4. The van der Waals surface area contributed by atoms with E-state index < -0.39 is 5.97 Å². The van der Waals surface area contributed by atoms with Gasteiger partial charge in [0, 0.05) is 36.6 Å². The number of nitrogens with one attached hydrogen (secondary N) is 2. The monoisotopic (exact) mass is 571 g/mol. The number of rotatable bonds is 9. The Bertz CT molecular complexity index is 1570. The van der Waals surface area contributed by atoms with E-state index in [0.29, 0.717) is 22.1 Å². The van der Waals surface area contributed by atoms with Crippen molar-refractivity contribution < 1.29 is 23.8 Å². The van der Waals surface area contributed by atoms with Crippen LogP contribution in [0.15, 0.2) is 85.2 Å². The summed E-state index contributed by atoms with van der Waals surface area (Å²) in [5, 5.41) is 6.79. The molecule has 0 radical (unpaired) electrons. The van der Waals surface area contributed by atoms with Gasteiger partial charge in [-0.3, -0.25) is 9.78 Å². The van der Waals surface area contributed by atoms with Gasteiger partial charge in [0.05, 0.1) is 37.2 Å². The Hall–Kier alpha value is -4.74. The number of carbonyl (C=O) groups is 2. The topological polar surface area (TPSA) is 107 Å². The second kappa shape index (κ2) is 12.2. The number of thiocarbonyl (C=S) groups is 1. The van der Waals surface area contributed by atoms with Crippen molar-refractivity contribution in [2.75, 3.05) is 38.2 Å². The average molecular weight is 572 g/mol. The molecule has 1 saturated heterocycles. The Balaban J connectivity index is 1.63. The number of methoxy groups -OCH3 is 3. The highest BCUT2D eigenvalue weighted by Crippen LogP contribution is 2.43. The van der Waals surface area contributed by atoms with E-state index in [1.54, 1.807) is 24.4 Å². The minimum Gasteiger partial charge on any atom is -0.495 e. The SMILES string of the molecule is COCC(=O)Nc1cc(N2C(=S)N[C@H](c3ccccn3)[C@H]2c2cccn2-c2cccc(C(=O)OC)c2)ccc1OC. The van der Waals surface area contributed by atoms with Crippen molar-refractivity contribution in [3.05, 3.63) is 102 Å². The van der Waals surface area contributed by atoms with Crippen LogP contribution in [-0.4, -0.2) is 54.5 Å². The van der Waals surface area contributed by atoms with Gasteiger partial charge in [-0.1, -0.05) is 12.1 Å². The summed E-state index contributed by atoms with van der Waals surface area (Å²) in [6.07, 6.45) is 3.68. The van der Waals surface area contributed by atoms with Crippen LogP contribution in [0.4, 0.5) is 11.4 Å². The van der Waals surface area contributed by atoms with Crippen LogP contribution in [0.2, 0.25) is 0 Å². The second-order valence-corrected chi connectivity index (χ2v) is 9.59. The van der Waals surface area contributed by atoms with Crippen LogP contribution in [0.3, 0.4) is 0 Å². The molecule has 0 aliphatic carbocycles. The predicted molar refractivity (Wildman–Crippen MR) is 159 cm³/mol.